The average molecular weight is 266 g/mol. The van der Waals surface area contributed by atoms with Crippen LogP contribution in [0.4, 0.5) is 0 Å². The first-order valence-electron chi connectivity index (χ1n) is 4.95. The monoisotopic (exact) mass is 265 g/mol. The summed E-state index contributed by atoms with van der Waals surface area (Å²) in [5, 5.41) is 0.0499. The van der Waals surface area contributed by atoms with Crippen LogP contribution in [-0.2, 0) is 17.1 Å². The maximum atomic E-state index is 11.9. The number of nitrogens with one attached hydrogen (secondary N) is 1. The Morgan fingerprint density at radius 3 is 2.69 bits per heavy atom. The zero-order chi connectivity index (χ0) is 12.3. The summed E-state index contributed by atoms with van der Waals surface area (Å²) >= 11 is 5.55. The minimum Gasteiger partial charge on any atom is -0.337 e. The molecule has 0 aliphatic rings. The molecule has 92 valence electrons. The van der Waals surface area contributed by atoms with Crippen LogP contribution < -0.4 is 4.72 Å². The zero-order valence-corrected chi connectivity index (χ0v) is 11.1. The summed E-state index contributed by atoms with van der Waals surface area (Å²) in [6.45, 7) is 3.52. The van der Waals surface area contributed by atoms with E-state index in [0.29, 0.717) is 18.1 Å². The number of aryl methyl sites for hydroxylation is 2. The Kier molecular flexibility index (Phi) is 4.35. The number of nitrogens with zero attached hydrogens (tertiary/aromatic N) is 2. The van der Waals surface area contributed by atoms with Crippen LogP contribution in [0.25, 0.3) is 0 Å². The molecule has 0 aromatic carbocycles. The van der Waals surface area contributed by atoms with Crippen molar-refractivity contribution < 1.29 is 8.42 Å². The van der Waals surface area contributed by atoms with Crippen molar-refractivity contribution in [2.75, 3.05) is 5.88 Å². The molecule has 1 N–H and O–H groups in total. The normalized spacial score (nSPS) is 14.0. The van der Waals surface area contributed by atoms with Crippen LogP contribution in [0.15, 0.2) is 11.2 Å². The fourth-order valence-corrected chi connectivity index (χ4v) is 2.85. The Bertz CT molecular complexity index is 436. The number of rotatable bonds is 5. The molecule has 0 aliphatic heterocycles. The van der Waals surface area contributed by atoms with Crippen molar-refractivity contribution in [1.82, 2.24) is 14.3 Å². The Morgan fingerprint density at radius 2 is 2.25 bits per heavy atom. The van der Waals surface area contributed by atoms with E-state index < -0.39 is 10.0 Å². The van der Waals surface area contributed by atoms with Crippen LogP contribution in [0.2, 0.25) is 0 Å². The molecule has 7 heteroatoms. The first kappa shape index (κ1) is 13.5. The summed E-state index contributed by atoms with van der Waals surface area (Å²) in [6.07, 6.45) is 2.08. The summed E-state index contributed by atoms with van der Waals surface area (Å²) in [5.74, 6) is 1.08. The Balaban J connectivity index is 2.86. The minimum absolute atomic E-state index is 0.0499. The second-order valence-electron chi connectivity index (χ2n) is 3.74. The molecule has 0 aliphatic carbocycles. The van der Waals surface area contributed by atoms with Gasteiger partial charge in [-0.05, 0) is 20.3 Å². The lowest BCUT2D eigenvalue weighted by molar-refractivity contribution is 0.553. The van der Waals surface area contributed by atoms with Gasteiger partial charge in [-0.1, -0.05) is 0 Å². The molecule has 1 aromatic rings. The smallest absolute Gasteiger partial charge is 0.259 e. The van der Waals surface area contributed by atoms with Crippen LogP contribution in [0.5, 0.6) is 0 Å². The molecular formula is C9H16ClN3O2S. The van der Waals surface area contributed by atoms with Gasteiger partial charge in [0.15, 0.2) is 5.03 Å². The molecule has 5 nitrogen and oxygen atoms in total. The number of alkyl halides is 1. The maximum Gasteiger partial charge on any atom is 0.259 e. The van der Waals surface area contributed by atoms with Gasteiger partial charge in [0.1, 0.15) is 5.82 Å². The zero-order valence-electron chi connectivity index (χ0n) is 9.57. The summed E-state index contributed by atoms with van der Waals surface area (Å²) < 4.78 is 27.9. The van der Waals surface area contributed by atoms with Crippen molar-refractivity contribution in [3.8, 4) is 0 Å². The Labute approximate surface area is 101 Å². The molecule has 0 saturated carbocycles. The predicted octanol–water partition coefficient (Wildman–Crippen LogP) is 1.02. The van der Waals surface area contributed by atoms with Crippen LogP contribution >= 0.6 is 11.6 Å². The molecule has 0 bridgehead atoms. The van der Waals surface area contributed by atoms with E-state index in [1.165, 1.54) is 6.20 Å². The highest BCUT2D eigenvalue weighted by Gasteiger charge is 2.20. The molecule has 0 fully saturated rings. The lowest BCUT2D eigenvalue weighted by Crippen LogP contribution is -2.33. The van der Waals surface area contributed by atoms with Gasteiger partial charge in [-0.25, -0.2) is 18.1 Å². The molecule has 16 heavy (non-hydrogen) atoms. The summed E-state index contributed by atoms with van der Waals surface area (Å²) in [6, 6.07) is -0.190. The summed E-state index contributed by atoms with van der Waals surface area (Å²) in [4.78, 5) is 3.97. The lowest BCUT2D eigenvalue weighted by atomic mass is 10.3. The molecule has 1 rings (SSSR count). The van der Waals surface area contributed by atoms with Crippen molar-refractivity contribution in [3.63, 3.8) is 0 Å². The number of hydrogen-bond donors (Lipinski definition) is 1. The minimum atomic E-state index is -3.52. The number of aromatic nitrogens is 2. The van der Waals surface area contributed by atoms with Gasteiger partial charge in [0.25, 0.3) is 10.0 Å². The van der Waals surface area contributed by atoms with Crippen LogP contribution in [-0.4, -0.2) is 29.9 Å². The second kappa shape index (κ2) is 5.16. The van der Waals surface area contributed by atoms with E-state index >= 15 is 0 Å². The van der Waals surface area contributed by atoms with Crippen molar-refractivity contribution in [2.45, 2.75) is 31.3 Å². The average Bonchev–Trinajstić information content (AvgIpc) is 2.47. The van der Waals surface area contributed by atoms with E-state index in [-0.39, 0.29) is 11.1 Å². The van der Waals surface area contributed by atoms with E-state index in [1.807, 2.05) is 0 Å². The van der Waals surface area contributed by atoms with Crippen molar-refractivity contribution >= 4 is 21.6 Å². The van der Waals surface area contributed by atoms with Gasteiger partial charge in [0.2, 0.25) is 0 Å². The SMILES string of the molecule is Cc1nc(S(=O)(=O)NC(C)CCCl)cn1C. The summed E-state index contributed by atoms with van der Waals surface area (Å²) in [5.41, 5.74) is 0. The largest absolute Gasteiger partial charge is 0.337 e. The Morgan fingerprint density at radius 1 is 1.62 bits per heavy atom. The third-order valence-electron chi connectivity index (χ3n) is 2.26. The van der Waals surface area contributed by atoms with E-state index in [0.717, 1.165) is 0 Å². The van der Waals surface area contributed by atoms with Crippen LogP contribution in [0.1, 0.15) is 19.2 Å². The fourth-order valence-electron chi connectivity index (χ4n) is 1.20. The maximum absolute atomic E-state index is 11.9. The standard InChI is InChI=1S/C9H16ClN3O2S/c1-7(4-5-10)12-16(14,15)9-6-13(3)8(2)11-9/h6-7,12H,4-5H2,1-3H3. The highest BCUT2D eigenvalue weighted by molar-refractivity contribution is 7.89. The van der Waals surface area contributed by atoms with E-state index in [4.69, 9.17) is 11.6 Å². The number of halogens is 1. The predicted molar refractivity (Wildman–Crippen MR) is 63.1 cm³/mol. The van der Waals surface area contributed by atoms with E-state index in [1.54, 1.807) is 25.5 Å². The van der Waals surface area contributed by atoms with Gasteiger partial charge < -0.3 is 4.57 Å². The van der Waals surface area contributed by atoms with E-state index in [2.05, 4.69) is 9.71 Å². The lowest BCUT2D eigenvalue weighted by Gasteiger charge is -2.10. The number of imidazole rings is 1. The number of sulfonamides is 1. The molecule has 0 amide bonds. The van der Waals surface area contributed by atoms with Gasteiger partial charge in [0.05, 0.1) is 0 Å². The van der Waals surface area contributed by atoms with Gasteiger partial charge >= 0.3 is 0 Å². The van der Waals surface area contributed by atoms with Gasteiger partial charge in [-0.15, -0.1) is 11.6 Å². The molecule has 1 aromatic heterocycles. The molecule has 1 heterocycles. The molecule has 1 atom stereocenters. The van der Waals surface area contributed by atoms with Gasteiger partial charge in [0, 0.05) is 25.2 Å². The molecule has 0 radical (unpaired) electrons. The first-order chi connectivity index (χ1) is 7.36. The quantitative estimate of drug-likeness (QED) is 0.809. The molecule has 0 saturated heterocycles. The van der Waals surface area contributed by atoms with Gasteiger partial charge in [-0.3, -0.25) is 0 Å². The summed E-state index contributed by atoms with van der Waals surface area (Å²) in [7, 11) is -1.77. The number of hydrogen-bond acceptors (Lipinski definition) is 3. The molecule has 0 spiro atoms. The molecular weight excluding hydrogens is 250 g/mol. The highest BCUT2D eigenvalue weighted by atomic mass is 35.5. The van der Waals surface area contributed by atoms with Crippen molar-refractivity contribution in [1.29, 1.82) is 0 Å². The first-order valence-corrected chi connectivity index (χ1v) is 6.97. The van der Waals surface area contributed by atoms with Crippen molar-refractivity contribution in [3.05, 3.63) is 12.0 Å². The van der Waals surface area contributed by atoms with E-state index in [9.17, 15) is 8.42 Å². The van der Waals surface area contributed by atoms with Crippen LogP contribution in [0, 0.1) is 6.92 Å². The Hall–Kier alpha value is -0.590. The van der Waals surface area contributed by atoms with Crippen LogP contribution in [0.3, 0.4) is 0 Å². The third kappa shape index (κ3) is 3.20. The highest BCUT2D eigenvalue weighted by Crippen LogP contribution is 2.09. The van der Waals surface area contributed by atoms with Gasteiger partial charge in [-0.2, -0.15) is 0 Å². The fraction of sp³-hybridized carbons (Fsp3) is 0.667. The third-order valence-corrected chi connectivity index (χ3v) is 3.94. The topological polar surface area (TPSA) is 64.0 Å². The molecule has 1 unspecified atom stereocenters. The van der Waals surface area contributed by atoms with Crippen molar-refractivity contribution in [2.24, 2.45) is 7.05 Å². The second-order valence-corrected chi connectivity index (χ2v) is 5.78.